The fourth-order valence-corrected chi connectivity index (χ4v) is 4.28. The van der Waals surface area contributed by atoms with Gasteiger partial charge < -0.3 is 14.4 Å². The number of fused-ring (bicyclic) bond motifs is 1. The molecule has 0 amide bonds. The summed E-state index contributed by atoms with van der Waals surface area (Å²) in [4.78, 5) is 8.82. The van der Waals surface area contributed by atoms with Crippen LogP contribution < -0.4 is 4.74 Å². The molecule has 0 saturated heterocycles. The molecule has 168 valence electrons. The number of hydrogen-bond donors (Lipinski definition) is 1. The monoisotopic (exact) mass is 445 g/mol. The minimum atomic E-state index is -1.50. The van der Waals surface area contributed by atoms with Gasteiger partial charge in [-0.1, -0.05) is 30.3 Å². The van der Waals surface area contributed by atoms with Crippen molar-refractivity contribution in [1.82, 2.24) is 24.3 Å². The molecule has 33 heavy (non-hydrogen) atoms. The topological polar surface area (TPSA) is 78.0 Å². The molecule has 0 saturated carbocycles. The average Bonchev–Trinajstić information content (AvgIpc) is 3.44. The highest BCUT2D eigenvalue weighted by atomic mass is 19.1. The Labute approximate surface area is 190 Å². The van der Waals surface area contributed by atoms with Gasteiger partial charge in [0.1, 0.15) is 11.6 Å². The van der Waals surface area contributed by atoms with E-state index >= 15 is 0 Å². The van der Waals surface area contributed by atoms with E-state index < -0.39 is 11.4 Å². The highest BCUT2D eigenvalue weighted by Crippen LogP contribution is 2.37. The second-order valence-electron chi connectivity index (χ2n) is 8.15. The molecule has 0 aliphatic carbocycles. The number of ether oxygens (including phenoxy) is 1. The van der Waals surface area contributed by atoms with E-state index in [1.54, 1.807) is 42.4 Å². The molecule has 1 aliphatic heterocycles. The van der Waals surface area contributed by atoms with Gasteiger partial charge in [0.05, 0.1) is 24.8 Å². The summed E-state index contributed by atoms with van der Waals surface area (Å²) in [7, 11) is 1.63. The van der Waals surface area contributed by atoms with Gasteiger partial charge in [-0.25, -0.2) is 19.0 Å². The van der Waals surface area contributed by atoms with Crippen LogP contribution in [0.4, 0.5) is 4.39 Å². The molecule has 2 aromatic carbocycles. The zero-order valence-corrected chi connectivity index (χ0v) is 18.4. The largest absolute Gasteiger partial charge is 0.495 e. The van der Waals surface area contributed by atoms with Crippen LogP contribution in [-0.4, -0.2) is 36.5 Å². The van der Waals surface area contributed by atoms with Crippen molar-refractivity contribution in [2.45, 2.75) is 31.9 Å². The number of aromatic nitrogens is 5. The fourth-order valence-electron chi connectivity index (χ4n) is 4.28. The Balaban J connectivity index is 1.45. The van der Waals surface area contributed by atoms with Crippen LogP contribution in [-0.2, 0) is 12.1 Å². The Morgan fingerprint density at radius 2 is 2.03 bits per heavy atom. The van der Waals surface area contributed by atoms with Crippen molar-refractivity contribution in [1.29, 1.82) is 0 Å². The maximum absolute atomic E-state index is 14.5. The van der Waals surface area contributed by atoms with Crippen molar-refractivity contribution >= 4 is 12.2 Å². The lowest BCUT2D eigenvalue weighted by molar-refractivity contribution is 0.0361. The van der Waals surface area contributed by atoms with E-state index in [0.717, 1.165) is 16.9 Å². The second-order valence-corrected chi connectivity index (χ2v) is 8.15. The van der Waals surface area contributed by atoms with Crippen LogP contribution in [0.3, 0.4) is 0 Å². The zero-order valence-electron chi connectivity index (χ0n) is 18.4. The Bertz CT molecular complexity index is 1340. The van der Waals surface area contributed by atoms with Gasteiger partial charge in [0.2, 0.25) is 0 Å². The minimum absolute atomic E-state index is 0.226. The molecule has 0 fully saturated rings. The summed E-state index contributed by atoms with van der Waals surface area (Å²) in [6, 6.07) is 12.1. The van der Waals surface area contributed by atoms with E-state index in [2.05, 4.69) is 15.1 Å². The van der Waals surface area contributed by atoms with Gasteiger partial charge in [-0.05, 0) is 49.6 Å². The molecule has 0 bridgehead atoms. The SMILES string of the molecule is COc1cc(C=Cc2nc3n(n2)CCCC3(O)c2ccccc2F)ccc1-n1cnc(C)c1. The number of rotatable bonds is 5. The van der Waals surface area contributed by atoms with Gasteiger partial charge >= 0.3 is 0 Å². The summed E-state index contributed by atoms with van der Waals surface area (Å²) in [6.45, 7) is 2.56. The highest BCUT2D eigenvalue weighted by Gasteiger charge is 2.41. The molecule has 0 radical (unpaired) electrons. The fraction of sp³-hybridized carbons (Fsp3) is 0.240. The number of methoxy groups -OCH3 is 1. The molecule has 2 aromatic heterocycles. The smallest absolute Gasteiger partial charge is 0.174 e. The zero-order chi connectivity index (χ0) is 23.0. The number of benzene rings is 2. The predicted molar refractivity (Wildman–Crippen MR) is 122 cm³/mol. The maximum atomic E-state index is 14.5. The standard InChI is InChI=1S/C25H24FN5O2/c1-17-15-30(16-27-17)21-10-8-18(14-22(21)33-2)9-11-23-28-24-25(32,12-5-13-31(24)29-23)19-6-3-4-7-20(19)26/h3-4,6-11,14-16,32H,5,12-13H2,1-2H3. The lowest BCUT2D eigenvalue weighted by atomic mass is 9.86. The molecule has 4 aromatic rings. The number of aliphatic hydroxyl groups is 1. The predicted octanol–water partition coefficient (Wildman–Crippen LogP) is 4.12. The van der Waals surface area contributed by atoms with Crippen LogP contribution in [0.1, 0.15) is 41.3 Å². The Morgan fingerprint density at radius 3 is 2.79 bits per heavy atom. The minimum Gasteiger partial charge on any atom is -0.495 e. The van der Waals surface area contributed by atoms with Crippen LogP contribution in [0.25, 0.3) is 17.8 Å². The summed E-state index contributed by atoms with van der Waals surface area (Å²) in [6.07, 6.45) is 8.42. The van der Waals surface area contributed by atoms with E-state index in [-0.39, 0.29) is 5.56 Å². The molecular formula is C25H24FN5O2. The first-order chi connectivity index (χ1) is 16.0. The molecule has 1 unspecified atom stereocenters. The molecule has 1 aliphatic rings. The molecule has 7 nitrogen and oxygen atoms in total. The van der Waals surface area contributed by atoms with Crippen molar-refractivity contribution < 1.29 is 14.2 Å². The quantitative estimate of drug-likeness (QED) is 0.500. The van der Waals surface area contributed by atoms with E-state index in [1.165, 1.54) is 6.07 Å². The normalized spacial score (nSPS) is 17.9. The van der Waals surface area contributed by atoms with Crippen LogP contribution in [0.5, 0.6) is 5.75 Å². The third kappa shape index (κ3) is 3.82. The van der Waals surface area contributed by atoms with Gasteiger partial charge in [0, 0.05) is 18.3 Å². The first kappa shape index (κ1) is 21.1. The van der Waals surface area contributed by atoms with E-state index in [0.29, 0.717) is 36.8 Å². The van der Waals surface area contributed by atoms with E-state index in [1.807, 2.05) is 42.0 Å². The number of halogens is 1. The summed E-state index contributed by atoms with van der Waals surface area (Å²) in [5.41, 5.74) is 1.44. The second kappa shape index (κ2) is 8.29. The van der Waals surface area contributed by atoms with Crippen molar-refractivity contribution in [2.24, 2.45) is 0 Å². The van der Waals surface area contributed by atoms with Crippen molar-refractivity contribution in [2.75, 3.05) is 7.11 Å². The number of hydrogen-bond acceptors (Lipinski definition) is 5. The van der Waals surface area contributed by atoms with Crippen LogP contribution >= 0.6 is 0 Å². The van der Waals surface area contributed by atoms with Crippen LogP contribution in [0.15, 0.2) is 55.0 Å². The Kier molecular flexibility index (Phi) is 5.30. The first-order valence-electron chi connectivity index (χ1n) is 10.8. The molecule has 3 heterocycles. The lowest BCUT2D eigenvalue weighted by Gasteiger charge is -2.31. The molecule has 5 rings (SSSR count). The summed E-state index contributed by atoms with van der Waals surface area (Å²) in [5.74, 6) is 1.08. The van der Waals surface area contributed by atoms with Gasteiger partial charge in [0.25, 0.3) is 0 Å². The van der Waals surface area contributed by atoms with Crippen molar-refractivity contribution in [3.05, 3.63) is 89.3 Å². The third-order valence-electron chi connectivity index (χ3n) is 5.90. The number of nitrogens with zero attached hydrogens (tertiary/aromatic N) is 5. The molecule has 0 spiro atoms. The Morgan fingerprint density at radius 1 is 1.18 bits per heavy atom. The van der Waals surface area contributed by atoms with Crippen molar-refractivity contribution in [3.8, 4) is 11.4 Å². The maximum Gasteiger partial charge on any atom is 0.174 e. The number of aryl methyl sites for hydroxylation is 2. The first-order valence-corrected chi connectivity index (χ1v) is 10.8. The van der Waals surface area contributed by atoms with E-state index in [4.69, 9.17) is 4.74 Å². The summed E-state index contributed by atoms with van der Waals surface area (Å²) >= 11 is 0. The molecule has 1 atom stereocenters. The van der Waals surface area contributed by atoms with Crippen LogP contribution in [0.2, 0.25) is 0 Å². The van der Waals surface area contributed by atoms with Crippen LogP contribution in [0, 0.1) is 12.7 Å². The van der Waals surface area contributed by atoms with Crippen molar-refractivity contribution in [3.63, 3.8) is 0 Å². The average molecular weight is 445 g/mol. The van der Waals surface area contributed by atoms with Gasteiger partial charge in [0.15, 0.2) is 17.2 Å². The van der Waals surface area contributed by atoms with E-state index in [9.17, 15) is 9.50 Å². The Hall–Kier alpha value is -3.78. The molecular weight excluding hydrogens is 421 g/mol. The lowest BCUT2D eigenvalue weighted by Crippen LogP contribution is -2.36. The highest BCUT2D eigenvalue weighted by molar-refractivity contribution is 5.69. The molecule has 1 N–H and O–H groups in total. The molecule has 8 heteroatoms. The van der Waals surface area contributed by atoms with Gasteiger partial charge in [-0.2, -0.15) is 5.10 Å². The van der Waals surface area contributed by atoms with Gasteiger partial charge in [-0.3, -0.25) is 0 Å². The summed E-state index contributed by atoms with van der Waals surface area (Å²) < 4.78 is 23.6. The van der Waals surface area contributed by atoms with Gasteiger partial charge in [-0.15, -0.1) is 0 Å². The summed E-state index contributed by atoms with van der Waals surface area (Å²) in [5, 5.41) is 15.9. The third-order valence-corrected chi connectivity index (χ3v) is 5.90. The number of imidazole rings is 1.